The van der Waals surface area contributed by atoms with Crippen LogP contribution in [0.1, 0.15) is 11.1 Å². The summed E-state index contributed by atoms with van der Waals surface area (Å²) in [4.78, 5) is 4.95. The van der Waals surface area contributed by atoms with Crippen molar-refractivity contribution in [2.24, 2.45) is 0 Å². The Kier molecular flexibility index (Phi) is 4.71. The largest absolute Gasteiger partial charge is 0.340 e. The summed E-state index contributed by atoms with van der Waals surface area (Å²) in [7, 11) is 0. The molecule has 4 rings (SSSR count). The average Bonchev–Trinajstić information content (AvgIpc) is 2.71. The van der Waals surface area contributed by atoms with Gasteiger partial charge in [-0.3, -0.25) is 0 Å². The van der Waals surface area contributed by atoms with Crippen LogP contribution >= 0.6 is 0 Å². The Hall–Kier alpha value is -3.39. The first-order valence-corrected chi connectivity index (χ1v) is 9.17. The molecule has 2 heteroatoms. The zero-order valence-electron chi connectivity index (χ0n) is 15.6. The van der Waals surface area contributed by atoms with Crippen molar-refractivity contribution in [2.75, 3.05) is 5.32 Å². The van der Waals surface area contributed by atoms with E-state index in [1.807, 2.05) is 24.3 Å². The fraction of sp³-hybridized carbons (Fsp3) is 0.0800. The maximum Gasteiger partial charge on any atom is 0.134 e. The van der Waals surface area contributed by atoms with Gasteiger partial charge in [-0.1, -0.05) is 72.3 Å². The monoisotopic (exact) mass is 350 g/mol. The third-order valence-corrected chi connectivity index (χ3v) is 4.71. The second-order valence-electron chi connectivity index (χ2n) is 6.76. The fourth-order valence-corrected chi connectivity index (χ4v) is 3.26. The molecule has 1 heterocycles. The maximum absolute atomic E-state index is 4.95. The summed E-state index contributed by atoms with van der Waals surface area (Å²) in [5.74, 6) is 0.888. The number of aryl methyl sites for hydroxylation is 1. The van der Waals surface area contributed by atoms with Crippen molar-refractivity contribution in [3.63, 3.8) is 0 Å². The van der Waals surface area contributed by atoms with Crippen molar-refractivity contribution in [3.8, 4) is 22.4 Å². The minimum atomic E-state index is 0.888. The van der Waals surface area contributed by atoms with Gasteiger partial charge in [0.15, 0.2) is 0 Å². The minimum absolute atomic E-state index is 0.888. The van der Waals surface area contributed by atoms with E-state index in [4.69, 9.17) is 4.98 Å². The topological polar surface area (TPSA) is 24.9 Å². The number of para-hydroxylation sites is 1. The van der Waals surface area contributed by atoms with Crippen LogP contribution in [0.25, 0.3) is 22.4 Å². The summed E-state index contributed by atoms with van der Waals surface area (Å²) in [6.07, 6.45) is 0. The molecule has 0 aliphatic carbocycles. The van der Waals surface area contributed by atoms with Crippen molar-refractivity contribution in [3.05, 3.63) is 102 Å². The van der Waals surface area contributed by atoms with E-state index in [1.165, 1.54) is 16.7 Å². The SMILES string of the molecule is Cc1cccc(-c2cc(-c3ccccc3)c(C)c(Nc3ccccc3)n2)c1. The summed E-state index contributed by atoms with van der Waals surface area (Å²) >= 11 is 0. The lowest BCUT2D eigenvalue weighted by atomic mass is 9.98. The molecule has 0 radical (unpaired) electrons. The molecule has 2 nitrogen and oxygen atoms in total. The summed E-state index contributed by atoms with van der Waals surface area (Å²) < 4.78 is 0. The summed E-state index contributed by atoms with van der Waals surface area (Å²) in [6, 6.07) is 31.4. The zero-order valence-corrected chi connectivity index (χ0v) is 15.6. The molecule has 0 saturated carbocycles. The van der Waals surface area contributed by atoms with Crippen molar-refractivity contribution in [2.45, 2.75) is 13.8 Å². The molecule has 0 spiro atoms. The quantitative estimate of drug-likeness (QED) is 0.439. The third-order valence-electron chi connectivity index (χ3n) is 4.71. The molecule has 0 aliphatic rings. The van der Waals surface area contributed by atoms with Gasteiger partial charge in [0, 0.05) is 11.3 Å². The van der Waals surface area contributed by atoms with Crippen LogP contribution in [0.5, 0.6) is 0 Å². The molecule has 0 atom stereocenters. The van der Waals surface area contributed by atoms with Crippen molar-refractivity contribution < 1.29 is 0 Å². The molecule has 0 fully saturated rings. The molecule has 27 heavy (non-hydrogen) atoms. The number of hydrogen-bond donors (Lipinski definition) is 1. The van der Waals surface area contributed by atoms with Crippen LogP contribution in [0, 0.1) is 13.8 Å². The van der Waals surface area contributed by atoms with E-state index in [9.17, 15) is 0 Å². The van der Waals surface area contributed by atoms with Gasteiger partial charge in [0.2, 0.25) is 0 Å². The standard InChI is InChI=1S/C25H22N2/c1-18-10-9-13-21(16-18)24-17-23(20-11-5-3-6-12-20)19(2)25(27-24)26-22-14-7-4-8-15-22/h3-17H,1-2H3,(H,26,27). The van der Waals surface area contributed by atoms with Gasteiger partial charge in [0.05, 0.1) is 5.69 Å². The van der Waals surface area contributed by atoms with Gasteiger partial charge in [-0.2, -0.15) is 0 Å². The number of aromatic nitrogens is 1. The second kappa shape index (κ2) is 7.46. The Labute approximate surface area is 160 Å². The highest BCUT2D eigenvalue weighted by Crippen LogP contribution is 2.33. The van der Waals surface area contributed by atoms with Crippen LogP contribution < -0.4 is 5.32 Å². The van der Waals surface area contributed by atoms with Crippen LogP contribution in [0.3, 0.4) is 0 Å². The maximum atomic E-state index is 4.95. The highest BCUT2D eigenvalue weighted by Gasteiger charge is 2.12. The van der Waals surface area contributed by atoms with E-state index in [-0.39, 0.29) is 0 Å². The molecule has 3 aromatic carbocycles. The normalized spacial score (nSPS) is 10.6. The highest BCUT2D eigenvalue weighted by molar-refractivity contribution is 5.79. The van der Waals surface area contributed by atoms with E-state index < -0.39 is 0 Å². The van der Waals surface area contributed by atoms with Crippen molar-refractivity contribution in [1.82, 2.24) is 4.98 Å². The number of nitrogens with one attached hydrogen (secondary N) is 1. The number of nitrogens with zero attached hydrogens (tertiary/aromatic N) is 1. The molecule has 4 aromatic rings. The Bertz CT molecular complexity index is 1050. The number of pyridine rings is 1. The molecule has 0 amide bonds. The summed E-state index contributed by atoms with van der Waals surface area (Å²) in [5.41, 5.74) is 7.90. The van der Waals surface area contributed by atoms with Crippen LogP contribution in [-0.4, -0.2) is 4.98 Å². The number of hydrogen-bond acceptors (Lipinski definition) is 2. The zero-order chi connectivity index (χ0) is 18.6. The molecular weight excluding hydrogens is 328 g/mol. The molecule has 0 saturated heterocycles. The van der Waals surface area contributed by atoms with Crippen LogP contribution in [0.15, 0.2) is 91.0 Å². The average molecular weight is 350 g/mol. The lowest BCUT2D eigenvalue weighted by Gasteiger charge is -2.16. The first kappa shape index (κ1) is 17.0. The first-order chi connectivity index (χ1) is 13.2. The van der Waals surface area contributed by atoms with Gasteiger partial charge in [-0.05, 0) is 54.8 Å². The fourth-order valence-electron chi connectivity index (χ4n) is 3.26. The molecule has 0 aliphatic heterocycles. The molecule has 0 bridgehead atoms. The van der Waals surface area contributed by atoms with Gasteiger partial charge in [0.1, 0.15) is 5.82 Å². The molecule has 1 aromatic heterocycles. The summed E-state index contributed by atoms with van der Waals surface area (Å²) in [5, 5.41) is 3.50. The van der Waals surface area contributed by atoms with E-state index in [2.05, 4.69) is 85.9 Å². The van der Waals surface area contributed by atoms with Crippen LogP contribution in [0.4, 0.5) is 11.5 Å². The smallest absolute Gasteiger partial charge is 0.134 e. The first-order valence-electron chi connectivity index (χ1n) is 9.17. The summed E-state index contributed by atoms with van der Waals surface area (Å²) in [6.45, 7) is 4.24. The minimum Gasteiger partial charge on any atom is -0.340 e. The molecular formula is C25H22N2. The molecule has 0 unspecified atom stereocenters. The van der Waals surface area contributed by atoms with Gasteiger partial charge in [-0.25, -0.2) is 4.98 Å². The van der Waals surface area contributed by atoms with Gasteiger partial charge < -0.3 is 5.32 Å². The van der Waals surface area contributed by atoms with Crippen LogP contribution in [0.2, 0.25) is 0 Å². The Morgan fingerprint density at radius 1 is 0.667 bits per heavy atom. The van der Waals surface area contributed by atoms with E-state index in [1.54, 1.807) is 0 Å². The second-order valence-corrected chi connectivity index (χ2v) is 6.76. The number of rotatable bonds is 4. The predicted molar refractivity (Wildman–Crippen MR) is 114 cm³/mol. The van der Waals surface area contributed by atoms with Crippen molar-refractivity contribution >= 4 is 11.5 Å². The van der Waals surface area contributed by atoms with Gasteiger partial charge >= 0.3 is 0 Å². The van der Waals surface area contributed by atoms with Gasteiger partial charge in [0.25, 0.3) is 0 Å². The Morgan fingerprint density at radius 2 is 1.33 bits per heavy atom. The van der Waals surface area contributed by atoms with E-state index >= 15 is 0 Å². The molecule has 1 N–H and O–H groups in total. The lowest BCUT2D eigenvalue weighted by Crippen LogP contribution is -2.00. The predicted octanol–water partition coefficient (Wildman–Crippen LogP) is 6.78. The number of anilines is 2. The Morgan fingerprint density at radius 3 is 2.04 bits per heavy atom. The third kappa shape index (κ3) is 3.75. The van der Waals surface area contributed by atoms with Crippen molar-refractivity contribution in [1.29, 1.82) is 0 Å². The Balaban J connectivity index is 1.88. The van der Waals surface area contributed by atoms with Gasteiger partial charge in [-0.15, -0.1) is 0 Å². The lowest BCUT2D eigenvalue weighted by molar-refractivity contribution is 1.25. The van der Waals surface area contributed by atoms with E-state index in [0.717, 1.165) is 28.3 Å². The van der Waals surface area contributed by atoms with Crippen LogP contribution in [-0.2, 0) is 0 Å². The number of benzene rings is 3. The molecule has 132 valence electrons. The van der Waals surface area contributed by atoms with E-state index in [0.29, 0.717) is 0 Å². The highest BCUT2D eigenvalue weighted by atomic mass is 15.0.